The van der Waals surface area contributed by atoms with Gasteiger partial charge in [-0.1, -0.05) is 79.4 Å². The molecule has 0 spiro atoms. The maximum absolute atomic E-state index is 13.2. The third-order valence-corrected chi connectivity index (χ3v) is 7.27. The predicted octanol–water partition coefficient (Wildman–Crippen LogP) is 7.14. The van der Waals surface area contributed by atoms with Crippen LogP contribution in [0.3, 0.4) is 0 Å². The van der Waals surface area contributed by atoms with Crippen LogP contribution in [0.2, 0.25) is 0 Å². The summed E-state index contributed by atoms with van der Waals surface area (Å²) in [7, 11) is 0. The highest BCUT2D eigenvalue weighted by atomic mass is 32.2. The number of rotatable bonds is 9. The molecule has 0 aromatic heterocycles. The van der Waals surface area contributed by atoms with Crippen molar-refractivity contribution in [3.63, 3.8) is 0 Å². The Hall–Kier alpha value is -3.51. The van der Waals surface area contributed by atoms with Crippen molar-refractivity contribution in [1.82, 2.24) is 0 Å². The summed E-state index contributed by atoms with van der Waals surface area (Å²) >= 11 is 1.55. The first kappa shape index (κ1) is 25.6. The van der Waals surface area contributed by atoms with E-state index in [9.17, 15) is 14.4 Å². The summed E-state index contributed by atoms with van der Waals surface area (Å²) in [5.41, 5.74) is 2.13. The number of carbonyl (C=O) groups excluding carboxylic acids is 3. The molecule has 3 aromatic carbocycles. The van der Waals surface area contributed by atoms with Crippen molar-refractivity contribution in [3.05, 3.63) is 95.6 Å². The van der Waals surface area contributed by atoms with Gasteiger partial charge in [0, 0.05) is 33.4 Å². The lowest BCUT2D eigenvalue weighted by Gasteiger charge is -2.21. The normalized spacial score (nSPS) is 14.3. The first-order valence-corrected chi connectivity index (χ1v) is 13.1. The predicted molar refractivity (Wildman–Crippen MR) is 142 cm³/mol. The fourth-order valence-corrected chi connectivity index (χ4v) is 5.18. The van der Waals surface area contributed by atoms with Crippen molar-refractivity contribution in [2.45, 2.75) is 55.2 Å². The second-order valence-electron chi connectivity index (χ2n) is 9.00. The number of hydrogen-bond acceptors (Lipinski definition) is 6. The van der Waals surface area contributed by atoms with Gasteiger partial charge in [-0.25, -0.2) is 4.79 Å². The highest BCUT2D eigenvalue weighted by Gasteiger charge is 2.22. The molecule has 1 saturated carbocycles. The van der Waals surface area contributed by atoms with Crippen LogP contribution in [0.15, 0.2) is 93.8 Å². The standard InChI is InChI=1S/C30H29NO4S/c1-21(32)35-31-28(20-22-8-4-2-5-9-22)30(34)25-14-18-27(19-15-25)36-26-16-12-24(13-17-26)29(33)23-10-6-3-7-11-23/h3,6-7,10-19,22H,2,4-5,8-9,20H2,1H3/b31-28+. The van der Waals surface area contributed by atoms with Gasteiger partial charge in [0.25, 0.3) is 0 Å². The third kappa shape index (κ3) is 7.01. The molecule has 0 N–H and O–H groups in total. The van der Waals surface area contributed by atoms with Crippen LogP contribution in [-0.4, -0.2) is 23.2 Å². The van der Waals surface area contributed by atoms with Gasteiger partial charge in [0.05, 0.1) is 0 Å². The van der Waals surface area contributed by atoms with Crippen LogP contribution < -0.4 is 0 Å². The number of benzene rings is 3. The summed E-state index contributed by atoms with van der Waals surface area (Å²) in [4.78, 5) is 43.9. The van der Waals surface area contributed by atoms with E-state index in [0.29, 0.717) is 34.7 Å². The lowest BCUT2D eigenvalue weighted by Crippen LogP contribution is -2.21. The Kier molecular flexibility index (Phi) is 8.85. The number of carbonyl (C=O) groups is 3. The first-order valence-electron chi connectivity index (χ1n) is 12.3. The third-order valence-electron chi connectivity index (χ3n) is 6.26. The molecule has 0 unspecified atom stereocenters. The molecule has 4 rings (SSSR count). The van der Waals surface area contributed by atoms with Crippen molar-refractivity contribution in [3.8, 4) is 0 Å². The zero-order valence-electron chi connectivity index (χ0n) is 20.3. The maximum Gasteiger partial charge on any atom is 0.331 e. The maximum atomic E-state index is 13.2. The summed E-state index contributed by atoms with van der Waals surface area (Å²) in [5, 5.41) is 3.91. The lowest BCUT2D eigenvalue weighted by atomic mass is 9.84. The zero-order chi connectivity index (χ0) is 25.3. The number of oxime groups is 1. The van der Waals surface area contributed by atoms with Gasteiger partial charge in [-0.3, -0.25) is 9.59 Å². The van der Waals surface area contributed by atoms with E-state index in [1.54, 1.807) is 23.9 Å². The second kappa shape index (κ2) is 12.5. The molecule has 1 fully saturated rings. The van der Waals surface area contributed by atoms with Crippen LogP contribution in [0.4, 0.5) is 0 Å². The molecule has 0 saturated heterocycles. The van der Waals surface area contributed by atoms with Gasteiger partial charge in [-0.05, 0) is 60.9 Å². The Morgan fingerprint density at radius 2 is 1.33 bits per heavy atom. The van der Waals surface area contributed by atoms with Gasteiger partial charge in [0.2, 0.25) is 5.78 Å². The van der Waals surface area contributed by atoms with Crippen molar-refractivity contribution in [2.24, 2.45) is 11.1 Å². The van der Waals surface area contributed by atoms with Crippen molar-refractivity contribution < 1.29 is 19.2 Å². The van der Waals surface area contributed by atoms with Crippen LogP contribution in [0, 0.1) is 5.92 Å². The fraction of sp³-hybridized carbons (Fsp3) is 0.267. The molecular weight excluding hydrogens is 470 g/mol. The Morgan fingerprint density at radius 1 is 0.778 bits per heavy atom. The monoisotopic (exact) mass is 499 g/mol. The highest BCUT2D eigenvalue weighted by Crippen LogP contribution is 2.30. The average molecular weight is 500 g/mol. The molecule has 184 valence electrons. The molecule has 0 radical (unpaired) electrons. The van der Waals surface area contributed by atoms with E-state index < -0.39 is 5.97 Å². The van der Waals surface area contributed by atoms with Crippen LogP contribution in [0.1, 0.15) is 71.7 Å². The molecule has 6 heteroatoms. The van der Waals surface area contributed by atoms with E-state index in [-0.39, 0.29) is 11.6 Å². The molecule has 0 amide bonds. The van der Waals surface area contributed by atoms with E-state index in [1.807, 2.05) is 66.7 Å². The smallest absolute Gasteiger partial charge is 0.318 e. The molecule has 1 aliphatic carbocycles. The molecule has 1 aliphatic rings. The molecule has 0 atom stereocenters. The van der Waals surface area contributed by atoms with E-state index in [1.165, 1.54) is 13.3 Å². The SMILES string of the molecule is CC(=O)O/N=C(\CC1CCCCC1)C(=O)c1ccc(Sc2ccc(C(=O)c3ccccc3)cc2)cc1. The van der Waals surface area contributed by atoms with Crippen LogP contribution in [-0.2, 0) is 9.63 Å². The summed E-state index contributed by atoms with van der Waals surface area (Å²) in [5.74, 6) is -0.354. The lowest BCUT2D eigenvalue weighted by molar-refractivity contribution is -0.140. The Morgan fingerprint density at radius 3 is 1.92 bits per heavy atom. The van der Waals surface area contributed by atoms with Gasteiger partial charge in [-0.15, -0.1) is 0 Å². The molecular formula is C30H29NO4S. The van der Waals surface area contributed by atoms with E-state index in [0.717, 1.165) is 35.5 Å². The summed E-state index contributed by atoms with van der Waals surface area (Å²) < 4.78 is 0. The van der Waals surface area contributed by atoms with E-state index >= 15 is 0 Å². The molecule has 3 aromatic rings. The summed E-state index contributed by atoms with van der Waals surface area (Å²) in [6.07, 6.45) is 6.21. The molecule has 0 bridgehead atoms. The van der Waals surface area contributed by atoms with Crippen LogP contribution >= 0.6 is 11.8 Å². The summed E-state index contributed by atoms with van der Waals surface area (Å²) in [6.45, 7) is 1.28. The largest absolute Gasteiger partial charge is 0.331 e. The topological polar surface area (TPSA) is 72.8 Å². The molecule has 0 aliphatic heterocycles. The minimum Gasteiger partial charge on any atom is -0.318 e. The number of nitrogens with zero attached hydrogens (tertiary/aromatic N) is 1. The van der Waals surface area contributed by atoms with Gasteiger partial charge in [-0.2, -0.15) is 0 Å². The van der Waals surface area contributed by atoms with Gasteiger partial charge in [0.15, 0.2) is 5.78 Å². The second-order valence-corrected chi connectivity index (χ2v) is 10.2. The molecule has 0 heterocycles. The van der Waals surface area contributed by atoms with Gasteiger partial charge >= 0.3 is 5.97 Å². The highest BCUT2D eigenvalue weighted by molar-refractivity contribution is 7.99. The minimum absolute atomic E-state index is 0.00513. The van der Waals surface area contributed by atoms with E-state index in [4.69, 9.17) is 4.84 Å². The van der Waals surface area contributed by atoms with Crippen LogP contribution in [0.5, 0.6) is 0 Å². The first-order chi connectivity index (χ1) is 17.5. The number of ketones is 2. The Balaban J connectivity index is 1.41. The average Bonchev–Trinajstić information content (AvgIpc) is 2.92. The van der Waals surface area contributed by atoms with Crippen molar-refractivity contribution in [1.29, 1.82) is 0 Å². The van der Waals surface area contributed by atoms with Crippen molar-refractivity contribution in [2.75, 3.05) is 0 Å². The summed E-state index contributed by atoms with van der Waals surface area (Å²) in [6, 6.07) is 24.1. The minimum atomic E-state index is -0.535. The van der Waals surface area contributed by atoms with Gasteiger partial charge in [0.1, 0.15) is 5.71 Å². The number of Topliss-reactive ketones (excluding diaryl/α,β-unsaturated/α-hetero) is 1. The number of hydrogen-bond donors (Lipinski definition) is 0. The zero-order valence-corrected chi connectivity index (χ0v) is 21.1. The van der Waals surface area contributed by atoms with E-state index in [2.05, 4.69) is 5.16 Å². The van der Waals surface area contributed by atoms with Crippen LogP contribution in [0.25, 0.3) is 0 Å². The molecule has 5 nitrogen and oxygen atoms in total. The Bertz CT molecular complexity index is 1230. The molecule has 36 heavy (non-hydrogen) atoms. The van der Waals surface area contributed by atoms with Crippen molar-refractivity contribution >= 4 is 35.0 Å². The van der Waals surface area contributed by atoms with Gasteiger partial charge < -0.3 is 4.84 Å². The fourth-order valence-electron chi connectivity index (χ4n) is 4.36. The Labute approximate surface area is 215 Å². The quantitative estimate of drug-likeness (QED) is 0.135.